The molecule has 0 radical (unpaired) electrons. The number of halogens is 4. The van der Waals surface area contributed by atoms with Crippen molar-refractivity contribution in [3.05, 3.63) is 28.2 Å². The van der Waals surface area contributed by atoms with Crippen LogP contribution >= 0.6 is 15.9 Å². The lowest BCUT2D eigenvalue weighted by Gasteiger charge is -2.00. The molecular weight excluding hydrogens is 223 g/mol. The molecule has 0 spiro atoms. The largest absolute Gasteiger partial charge is 0.281 e. The Morgan fingerprint density at radius 3 is 2.55 bits per heavy atom. The van der Waals surface area contributed by atoms with E-state index in [1.54, 1.807) is 0 Å². The van der Waals surface area contributed by atoms with Crippen LogP contribution in [-0.2, 0) is 0 Å². The van der Waals surface area contributed by atoms with Crippen LogP contribution in [0, 0.1) is 5.82 Å². The molecule has 0 saturated heterocycles. The number of pyridine rings is 1. The molecule has 1 rings (SSSR count). The first kappa shape index (κ1) is 8.52. The number of aromatic nitrogens is 1. The van der Waals surface area contributed by atoms with Crippen LogP contribution in [0.3, 0.4) is 0 Å². The SMILES string of the molecule is Fc1ccnc(C(F)F)c1Br. The molecule has 1 heterocycles. The number of rotatable bonds is 1. The smallest absolute Gasteiger partial charge is 0.254 e. The Morgan fingerprint density at radius 1 is 1.45 bits per heavy atom. The lowest BCUT2D eigenvalue weighted by Crippen LogP contribution is -1.93. The van der Waals surface area contributed by atoms with Gasteiger partial charge in [-0.15, -0.1) is 0 Å². The number of alkyl halides is 2. The van der Waals surface area contributed by atoms with E-state index in [1.807, 2.05) is 0 Å². The fourth-order valence-electron chi connectivity index (χ4n) is 0.587. The van der Waals surface area contributed by atoms with Gasteiger partial charge in [-0.3, -0.25) is 4.98 Å². The Kier molecular flexibility index (Phi) is 2.49. The highest BCUT2D eigenvalue weighted by Gasteiger charge is 2.15. The summed E-state index contributed by atoms with van der Waals surface area (Å²) >= 11 is 2.66. The van der Waals surface area contributed by atoms with E-state index >= 15 is 0 Å². The van der Waals surface area contributed by atoms with Crippen molar-refractivity contribution in [2.24, 2.45) is 0 Å². The summed E-state index contributed by atoms with van der Waals surface area (Å²) in [6.45, 7) is 0. The molecule has 0 unspecified atom stereocenters. The summed E-state index contributed by atoms with van der Waals surface area (Å²) < 4.78 is 36.1. The fourth-order valence-corrected chi connectivity index (χ4v) is 0.995. The fraction of sp³-hybridized carbons (Fsp3) is 0.167. The van der Waals surface area contributed by atoms with Gasteiger partial charge in [-0.2, -0.15) is 0 Å². The van der Waals surface area contributed by atoms with Crippen molar-refractivity contribution >= 4 is 15.9 Å². The van der Waals surface area contributed by atoms with Gasteiger partial charge in [-0.05, 0) is 22.0 Å². The van der Waals surface area contributed by atoms with Crippen molar-refractivity contribution in [1.29, 1.82) is 0 Å². The first-order valence-electron chi connectivity index (χ1n) is 2.71. The maximum atomic E-state index is 12.5. The second-order valence-corrected chi connectivity index (χ2v) is 2.59. The van der Waals surface area contributed by atoms with Crippen LogP contribution in [0.2, 0.25) is 0 Å². The van der Waals surface area contributed by atoms with Crippen LogP contribution in [0.15, 0.2) is 16.7 Å². The summed E-state index contributed by atoms with van der Waals surface area (Å²) in [5.74, 6) is -0.727. The molecule has 0 bridgehead atoms. The van der Waals surface area contributed by atoms with Crippen molar-refractivity contribution in [1.82, 2.24) is 4.98 Å². The van der Waals surface area contributed by atoms with Crippen LogP contribution in [0.25, 0.3) is 0 Å². The first-order chi connectivity index (χ1) is 5.13. The van der Waals surface area contributed by atoms with Gasteiger partial charge in [0.05, 0.1) is 4.47 Å². The summed E-state index contributed by atoms with van der Waals surface area (Å²) in [5, 5.41) is 0. The lowest BCUT2D eigenvalue weighted by molar-refractivity contribution is 0.144. The zero-order valence-corrected chi connectivity index (χ0v) is 6.78. The summed E-state index contributed by atoms with van der Waals surface area (Å²) in [6, 6.07) is 1.01. The topological polar surface area (TPSA) is 12.9 Å². The Hall–Kier alpha value is -0.580. The number of hydrogen-bond acceptors (Lipinski definition) is 1. The highest BCUT2D eigenvalue weighted by Crippen LogP contribution is 2.26. The molecule has 0 saturated carbocycles. The second kappa shape index (κ2) is 3.21. The average molecular weight is 226 g/mol. The molecule has 0 fully saturated rings. The second-order valence-electron chi connectivity index (χ2n) is 1.79. The van der Waals surface area contributed by atoms with Gasteiger partial charge >= 0.3 is 0 Å². The molecule has 1 aromatic heterocycles. The summed E-state index contributed by atoms with van der Waals surface area (Å²) in [7, 11) is 0. The van der Waals surface area contributed by atoms with Crippen LogP contribution in [0.1, 0.15) is 12.1 Å². The van der Waals surface area contributed by atoms with Crippen LogP contribution in [-0.4, -0.2) is 4.98 Å². The van der Waals surface area contributed by atoms with Crippen molar-refractivity contribution in [2.75, 3.05) is 0 Å². The maximum absolute atomic E-state index is 12.5. The molecule has 0 aromatic carbocycles. The summed E-state index contributed by atoms with van der Waals surface area (Å²) in [4.78, 5) is 3.30. The molecule has 0 aliphatic heterocycles. The molecule has 0 aliphatic carbocycles. The van der Waals surface area contributed by atoms with E-state index in [1.165, 1.54) is 0 Å². The third kappa shape index (κ3) is 1.71. The monoisotopic (exact) mass is 225 g/mol. The van der Waals surface area contributed by atoms with Crippen molar-refractivity contribution in [3.63, 3.8) is 0 Å². The minimum Gasteiger partial charge on any atom is -0.254 e. The predicted molar refractivity (Wildman–Crippen MR) is 36.9 cm³/mol. The van der Waals surface area contributed by atoms with E-state index in [9.17, 15) is 13.2 Å². The molecule has 5 heteroatoms. The maximum Gasteiger partial charge on any atom is 0.281 e. The standard InChI is InChI=1S/C6H3BrF3N/c7-4-3(8)1-2-11-5(4)6(9)10/h1-2,6H. The normalized spacial score (nSPS) is 10.6. The van der Waals surface area contributed by atoms with Crippen LogP contribution in [0.4, 0.5) is 13.2 Å². The van der Waals surface area contributed by atoms with Gasteiger partial charge in [0.1, 0.15) is 11.5 Å². The molecule has 1 nitrogen and oxygen atoms in total. The summed E-state index contributed by atoms with van der Waals surface area (Å²) in [5.41, 5.74) is -0.565. The number of hydrogen-bond donors (Lipinski definition) is 0. The van der Waals surface area contributed by atoms with Gasteiger partial charge in [-0.25, -0.2) is 13.2 Å². The molecule has 0 N–H and O–H groups in total. The van der Waals surface area contributed by atoms with Crippen LogP contribution < -0.4 is 0 Å². The van der Waals surface area contributed by atoms with E-state index < -0.39 is 17.9 Å². The minimum absolute atomic E-state index is 0.269. The van der Waals surface area contributed by atoms with Crippen molar-refractivity contribution < 1.29 is 13.2 Å². The van der Waals surface area contributed by atoms with Gasteiger partial charge in [0.25, 0.3) is 6.43 Å². The van der Waals surface area contributed by atoms with Gasteiger partial charge in [-0.1, -0.05) is 0 Å². The highest BCUT2D eigenvalue weighted by atomic mass is 79.9. The zero-order valence-electron chi connectivity index (χ0n) is 5.19. The molecule has 1 aromatic rings. The predicted octanol–water partition coefficient (Wildman–Crippen LogP) is 2.92. The first-order valence-corrected chi connectivity index (χ1v) is 3.50. The lowest BCUT2D eigenvalue weighted by atomic mass is 10.3. The van der Waals surface area contributed by atoms with E-state index in [2.05, 4.69) is 20.9 Å². The Labute approximate surface area is 69.4 Å². The third-order valence-corrected chi connectivity index (χ3v) is 1.86. The molecule has 60 valence electrons. The van der Waals surface area contributed by atoms with Gasteiger partial charge in [0, 0.05) is 6.20 Å². The third-order valence-electron chi connectivity index (χ3n) is 1.08. The molecule has 11 heavy (non-hydrogen) atoms. The molecule has 0 atom stereocenters. The van der Waals surface area contributed by atoms with E-state index in [0.717, 1.165) is 12.3 Å². The van der Waals surface area contributed by atoms with Crippen molar-refractivity contribution in [3.8, 4) is 0 Å². The average Bonchev–Trinajstić information content (AvgIpc) is 1.94. The van der Waals surface area contributed by atoms with Gasteiger partial charge in [0.15, 0.2) is 0 Å². The van der Waals surface area contributed by atoms with E-state index in [0.29, 0.717) is 0 Å². The van der Waals surface area contributed by atoms with Gasteiger partial charge < -0.3 is 0 Å². The highest BCUT2D eigenvalue weighted by molar-refractivity contribution is 9.10. The van der Waals surface area contributed by atoms with E-state index in [-0.39, 0.29) is 4.47 Å². The summed E-state index contributed by atoms with van der Waals surface area (Å²) in [6.07, 6.45) is -1.75. The number of nitrogens with zero attached hydrogens (tertiary/aromatic N) is 1. The Morgan fingerprint density at radius 2 is 2.09 bits per heavy atom. The van der Waals surface area contributed by atoms with E-state index in [4.69, 9.17) is 0 Å². The molecule has 0 aliphatic rings. The van der Waals surface area contributed by atoms with Gasteiger partial charge in [0.2, 0.25) is 0 Å². The quantitative estimate of drug-likeness (QED) is 0.717. The van der Waals surface area contributed by atoms with Crippen molar-refractivity contribution in [2.45, 2.75) is 6.43 Å². The zero-order chi connectivity index (χ0) is 8.43. The molecular formula is C6H3BrF3N. The van der Waals surface area contributed by atoms with Crippen LogP contribution in [0.5, 0.6) is 0 Å². The molecule has 0 amide bonds. The Bertz CT molecular complexity index is 264. The minimum atomic E-state index is -2.75. The Balaban J connectivity index is 3.17.